The Morgan fingerprint density at radius 1 is 1.54 bits per heavy atom. The zero-order valence-electron chi connectivity index (χ0n) is 8.81. The van der Waals surface area contributed by atoms with Crippen LogP contribution in [0.1, 0.15) is 20.8 Å². The van der Waals surface area contributed by atoms with Gasteiger partial charge in [0, 0.05) is 6.54 Å². The standard InChI is InChI=1S/C9H13NO.C2H6/c1-4-8-9(7(2)3)10-5-6-11-8;1-2/h4,10H,1-2,5-6H2,3H3;1-2H3. The van der Waals surface area contributed by atoms with Crippen molar-refractivity contribution in [3.05, 3.63) is 36.3 Å². The van der Waals surface area contributed by atoms with Gasteiger partial charge in [0.2, 0.25) is 0 Å². The van der Waals surface area contributed by atoms with Crippen LogP contribution in [0.2, 0.25) is 0 Å². The molecule has 2 nitrogen and oxygen atoms in total. The number of hydrogen-bond donors (Lipinski definition) is 1. The lowest BCUT2D eigenvalue weighted by atomic mass is 10.2. The number of rotatable bonds is 2. The summed E-state index contributed by atoms with van der Waals surface area (Å²) in [6.07, 6.45) is 1.70. The molecule has 0 aromatic heterocycles. The summed E-state index contributed by atoms with van der Waals surface area (Å²) in [4.78, 5) is 0. The lowest BCUT2D eigenvalue weighted by Gasteiger charge is -2.20. The second-order valence-electron chi connectivity index (χ2n) is 2.50. The van der Waals surface area contributed by atoms with Crippen molar-refractivity contribution in [1.29, 1.82) is 0 Å². The Bertz CT molecular complexity index is 216. The summed E-state index contributed by atoms with van der Waals surface area (Å²) in [5.41, 5.74) is 1.96. The second-order valence-corrected chi connectivity index (χ2v) is 2.50. The minimum Gasteiger partial charge on any atom is -0.490 e. The molecule has 2 heteroatoms. The summed E-state index contributed by atoms with van der Waals surface area (Å²) in [6, 6.07) is 0. The highest BCUT2D eigenvalue weighted by molar-refractivity contribution is 5.33. The van der Waals surface area contributed by atoms with Crippen LogP contribution in [-0.4, -0.2) is 13.2 Å². The molecule has 1 rings (SSSR count). The number of nitrogens with one attached hydrogen (secondary N) is 1. The Morgan fingerprint density at radius 3 is 2.54 bits per heavy atom. The highest BCUT2D eigenvalue weighted by Crippen LogP contribution is 2.14. The van der Waals surface area contributed by atoms with Crippen LogP contribution in [0.5, 0.6) is 0 Å². The summed E-state index contributed by atoms with van der Waals surface area (Å²) in [6.45, 7) is 15.0. The lowest BCUT2D eigenvalue weighted by molar-refractivity contribution is 0.205. The van der Waals surface area contributed by atoms with Crippen molar-refractivity contribution in [2.75, 3.05) is 13.2 Å². The minimum absolute atomic E-state index is 0.706. The number of allylic oxidation sites excluding steroid dienone is 2. The summed E-state index contributed by atoms with van der Waals surface area (Å²) in [5, 5.41) is 3.20. The maximum Gasteiger partial charge on any atom is 0.142 e. The van der Waals surface area contributed by atoms with E-state index in [1.165, 1.54) is 0 Å². The van der Waals surface area contributed by atoms with Gasteiger partial charge in [0.25, 0.3) is 0 Å². The molecule has 0 saturated heterocycles. The maximum absolute atomic E-state index is 5.34. The third-order valence-corrected chi connectivity index (χ3v) is 1.52. The third-order valence-electron chi connectivity index (χ3n) is 1.52. The summed E-state index contributed by atoms with van der Waals surface area (Å²) < 4.78 is 5.34. The van der Waals surface area contributed by atoms with Crippen molar-refractivity contribution in [3.8, 4) is 0 Å². The van der Waals surface area contributed by atoms with Crippen molar-refractivity contribution >= 4 is 0 Å². The van der Waals surface area contributed by atoms with Gasteiger partial charge in [0.15, 0.2) is 0 Å². The fourth-order valence-electron chi connectivity index (χ4n) is 1.02. The van der Waals surface area contributed by atoms with Crippen LogP contribution in [0.25, 0.3) is 0 Å². The average molecular weight is 181 g/mol. The first-order valence-corrected chi connectivity index (χ1v) is 4.65. The van der Waals surface area contributed by atoms with Crippen LogP contribution in [-0.2, 0) is 4.74 Å². The van der Waals surface area contributed by atoms with Gasteiger partial charge in [-0.1, -0.05) is 27.0 Å². The molecule has 0 fully saturated rings. The Balaban J connectivity index is 0.000000671. The normalized spacial score (nSPS) is 14.7. The molecular formula is C11H19NO. The Morgan fingerprint density at radius 2 is 2.15 bits per heavy atom. The van der Waals surface area contributed by atoms with Crippen LogP contribution in [0, 0.1) is 0 Å². The van der Waals surface area contributed by atoms with E-state index in [1.54, 1.807) is 6.08 Å². The summed E-state index contributed by atoms with van der Waals surface area (Å²) in [7, 11) is 0. The van der Waals surface area contributed by atoms with E-state index in [0.717, 1.165) is 23.6 Å². The van der Waals surface area contributed by atoms with E-state index in [2.05, 4.69) is 18.5 Å². The lowest BCUT2D eigenvalue weighted by Crippen LogP contribution is -2.26. The van der Waals surface area contributed by atoms with E-state index >= 15 is 0 Å². The minimum atomic E-state index is 0.706. The molecule has 1 N–H and O–H groups in total. The van der Waals surface area contributed by atoms with Gasteiger partial charge in [-0.2, -0.15) is 0 Å². The van der Waals surface area contributed by atoms with E-state index in [1.807, 2.05) is 20.8 Å². The van der Waals surface area contributed by atoms with Crippen molar-refractivity contribution in [1.82, 2.24) is 5.32 Å². The zero-order valence-corrected chi connectivity index (χ0v) is 8.81. The molecule has 0 bridgehead atoms. The predicted molar refractivity (Wildman–Crippen MR) is 57.3 cm³/mol. The summed E-state index contributed by atoms with van der Waals surface area (Å²) >= 11 is 0. The molecule has 74 valence electrons. The molecular weight excluding hydrogens is 162 g/mol. The van der Waals surface area contributed by atoms with Gasteiger partial charge in [0.05, 0.1) is 5.70 Å². The molecule has 0 amide bonds. The Kier molecular flexibility index (Phi) is 5.77. The smallest absolute Gasteiger partial charge is 0.142 e. The fourth-order valence-corrected chi connectivity index (χ4v) is 1.02. The van der Waals surface area contributed by atoms with Crippen molar-refractivity contribution in [2.45, 2.75) is 20.8 Å². The molecule has 1 aliphatic heterocycles. The first-order chi connectivity index (χ1) is 6.25. The van der Waals surface area contributed by atoms with E-state index < -0.39 is 0 Å². The van der Waals surface area contributed by atoms with E-state index in [0.29, 0.717) is 6.61 Å². The SMILES string of the molecule is C=CC1=C(C(=C)C)NCCO1.CC. The topological polar surface area (TPSA) is 21.3 Å². The molecule has 0 atom stereocenters. The van der Waals surface area contributed by atoms with Gasteiger partial charge < -0.3 is 10.1 Å². The highest BCUT2D eigenvalue weighted by atomic mass is 16.5. The van der Waals surface area contributed by atoms with Gasteiger partial charge in [-0.25, -0.2) is 0 Å². The van der Waals surface area contributed by atoms with Gasteiger partial charge in [-0.15, -0.1) is 0 Å². The molecule has 0 aromatic carbocycles. The van der Waals surface area contributed by atoms with Gasteiger partial charge in [-0.3, -0.25) is 0 Å². The Hall–Kier alpha value is -1.18. The molecule has 1 heterocycles. The molecule has 1 aliphatic rings. The molecule has 0 aliphatic carbocycles. The van der Waals surface area contributed by atoms with Gasteiger partial charge in [-0.05, 0) is 18.6 Å². The Labute approximate surface area is 81.0 Å². The first-order valence-electron chi connectivity index (χ1n) is 4.65. The highest BCUT2D eigenvalue weighted by Gasteiger charge is 2.10. The maximum atomic E-state index is 5.34. The van der Waals surface area contributed by atoms with E-state index in [9.17, 15) is 0 Å². The fraction of sp³-hybridized carbons (Fsp3) is 0.455. The van der Waals surface area contributed by atoms with Crippen LogP contribution >= 0.6 is 0 Å². The van der Waals surface area contributed by atoms with E-state index in [-0.39, 0.29) is 0 Å². The van der Waals surface area contributed by atoms with Gasteiger partial charge in [0.1, 0.15) is 12.4 Å². The van der Waals surface area contributed by atoms with Crippen molar-refractivity contribution in [3.63, 3.8) is 0 Å². The molecule has 0 radical (unpaired) electrons. The average Bonchev–Trinajstić information content (AvgIpc) is 2.20. The van der Waals surface area contributed by atoms with Crippen molar-refractivity contribution in [2.24, 2.45) is 0 Å². The third kappa shape index (κ3) is 3.36. The predicted octanol–water partition coefficient (Wildman–Crippen LogP) is 2.61. The van der Waals surface area contributed by atoms with Crippen molar-refractivity contribution < 1.29 is 4.74 Å². The second kappa shape index (κ2) is 6.35. The van der Waals surface area contributed by atoms with Crippen LogP contribution in [0.15, 0.2) is 36.3 Å². The largest absolute Gasteiger partial charge is 0.490 e. The quantitative estimate of drug-likeness (QED) is 0.707. The summed E-state index contributed by atoms with van der Waals surface area (Å²) in [5.74, 6) is 0.809. The number of hydrogen-bond acceptors (Lipinski definition) is 2. The van der Waals surface area contributed by atoms with E-state index in [4.69, 9.17) is 4.74 Å². The molecule has 0 spiro atoms. The van der Waals surface area contributed by atoms with Gasteiger partial charge >= 0.3 is 0 Å². The number of ether oxygens (including phenoxy) is 1. The van der Waals surface area contributed by atoms with Crippen LogP contribution < -0.4 is 5.32 Å². The van der Waals surface area contributed by atoms with Crippen LogP contribution in [0.4, 0.5) is 0 Å². The molecule has 13 heavy (non-hydrogen) atoms. The zero-order chi connectivity index (χ0) is 10.3. The monoisotopic (exact) mass is 181 g/mol. The molecule has 0 unspecified atom stereocenters. The molecule has 0 aromatic rings. The molecule has 0 saturated carbocycles. The first kappa shape index (κ1) is 11.8. The van der Waals surface area contributed by atoms with Crippen LogP contribution in [0.3, 0.4) is 0 Å².